The summed E-state index contributed by atoms with van der Waals surface area (Å²) in [5, 5.41) is 0.257. The van der Waals surface area contributed by atoms with E-state index in [1.54, 1.807) is 6.07 Å². The van der Waals surface area contributed by atoms with E-state index in [1.807, 2.05) is 19.9 Å². The highest BCUT2D eigenvalue weighted by molar-refractivity contribution is 7.89. The Kier molecular flexibility index (Phi) is 5.88. The first-order chi connectivity index (χ1) is 12.8. The molecule has 1 unspecified atom stereocenters. The molecule has 1 aromatic carbocycles. The number of benzene rings is 1. The second-order valence-electron chi connectivity index (χ2n) is 6.47. The van der Waals surface area contributed by atoms with Crippen molar-refractivity contribution in [3.8, 4) is 11.8 Å². The molecule has 1 atom stereocenters. The molecule has 0 bridgehead atoms. The van der Waals surface area contributed by atoms with Crippen LogP contribution in [0.25, 0.3) is 0 Å². The largest absolute Gasteiger partial charge is 0.495 e. The molecule has 9 heteroatoms. The van der Waals surface area contributed by atoms with Crippen molar-refractivity contribution in [2.45, 2.75) is 37.7 Å². The number of aryl methyl sites for hydroxylation is 2. The quantitative estimate of drug-likeness (QED) is 0.752. The Morgan fingerprint density at radius 1 is 1.19 bits per heavy atom. The maximum atomic E-state index is 13.0. The van der Waals surface area contributed by atoms with E-state index in [-0.39, 0.29) is 28.6 Å². The number of rotatable bonds is 5. The number of hydrogen-bond donors (Lipinski definition) is 0. The van der Waals surface area contributed by atoms with E-state index < -0.39 is 10.0 Å². The Morgan fingerprint density at radius 2 is 1.89 bits per heavy atom. The van der Waals surface area contributed by atoms with Crippen LogP contribution in [0.2, 0.25) is 5.02 Å². The molecule has 0 aliphatic carbocycles. The topological polar surface area (TPSA) is 81.6 Å². The highest BCUT2D eigenvalue weighted by atomic mass is 35.5. The smallest absolute Gasteiger partial charge is 0.317 e. The van der Waals surface area contributed by atoms with Crippen molar-refractivity contribution >= 4 is 21.6 Å². The molecule has 2 aromatic rings. The highest BCUT2D eigenvalue weighted by Crippen LogP contribution is 2.29. The molecule has 3 rings (SSSR count). The Bertz CT molecular complexity index is 916. The first kappa shape index (κ1) is 19.9. The maximum Gasteiger partial charge on any atom is 0.317 e. The van der Waals surface area contributed by atoms with Crippen molar-refractivity contribution in [3.05, 3.63) is 40.7 Å². The molecule has 1 aliphatic heterocycles. The van der Waals surface area contributed by atoms with Gasteiger partial charge in [0.05, 0.1) is 23.6 Å². The molecule has 27 heavy (non-hydrogen) atoms. The van der Waals surface area contributed by atoms with Crippen molar-refractivity contribution < 1.29 is 17.9 Å². The summed E-state index contributed by atoms with van der Waals surface area (Å²) in [6.45, 7) is 4.40. The predicted octanol–water partition coefficient (Wildman–Crippen LogP) is 2.99. The molecule has 0 N–H and O–H groups in total. The van der Waals surface area contributed by atoms with Crippen LogP contribution in [0.4, 0.5) is 0 Å². The van der Waals surface area contributed by atoms with Gasteiger partial charge in [0.2, 0.25) is 10.0 Å². The van der Waals surface area contributed by atoms with Gasteiger partial charge in [-0.1, -0.05) is 11.6 Å². The van der Waals surface area contributed by atoms with E-state index in [0.717, 1.165) is 17.8 Å². The fourth-order valence-corrected chi connectivity index (χ4v) is 4.93. The van der Waals surface area contributed by atoms with Crippen LogP contribution >= 0.6 is 11.6 Å². The molecule has 2 heterocycles. The van der Waals surface area contributed by atoms with E-state index in [2.05, 4.69) is 9.97 Å². The Balaban J connectivity index is 1.77. The van der Waals surface area contributed by atoms with E-state index in [4.69, 9.17) is 21.1 Å². The van der Waals surface area contributed by atoms with Crippen molar-refractivity contribution in [1.82, 2.24) is 14.3 Å². The van der Waals surface area contributed by atoms with Gasteiger partial charge in [-0.15, -0.1) is 0 Å². The highest BCUT2D eigenvalue weighted by Gasteiger charge is 2.32. The zero-order valence-electron chi connectivity index (χ0n) is 15.5. The molecule has 0 spiro atoms. The third-order valence-electron chi connectivity index (χ3n) is 4.34. The van der Waals surface area contributed by atoms with Gasteiger partial charge in [0.1, 0.15) is 11.9 Å². The normalized spacial score (nSPS) is 18.3. The van der Waals surface area contributed by atoms with Gasteiger partial charge in [0.15, 0.2) is 0 Å². The van der Waals surface area contributed by atoms with Gasteiger partial charge < -0.3 is 9.47 Å². The standard InChI is InChI=1S/C18H22ClN3O4S/c1-12-9-13(2)21-18(20-12)26-14-5-4-8-22(11-14)27(23,24)15-6-7-17(25-3)16(19)10-15/h6-7,9-10,14H,4-5,8,11H2,1-3H3. The summed E-state index contributed by atoms with van der Waals surface area (Å²) >= 11 is 6.09. The maximum absolute atomic E-state index is 13.0. The SMILES string of the molecule is COc1ccc(S(=O)(=O)N2CCCC(Oc3nc(C)cc(C)n3)C2)cc1Cl. The zero-order chi connectivity index (χ0) is 19.6. The minimum atomic E-state index is -3.68. The number of halogens is 1. The zero-order valence-corrected chi connectivity index (χ0v) is 17.0. The van der Waals surface area contributed by atoms with Crippen LogP contribution in [-0.4, -0.2) is 49.0 Å². The van der Waals surface area contributed by atoms with Crippen molar-refractivity contribution in [2.24, 2.45) is 0 Å². The van der Waals surface area contributed by atoms with Gasteiger partial charge >= 0.3 is 6.01 Å². The molecular weight excluding hydrogens is 390 g/mol. The van der Waals surface area contributed by atoms with Gasteiger partial charge in [-0.2, -0.15) is 4.31 Å². The first-order valence-corrected chi connectivity index (χ1v) is 10.4. The summed E-state index contributed by atoms with van der Waals surface area (Å²) in [7, 11) is -2.20. The van der Waals surface area contributed by atoms with Crippen LogP contribution in [0.15, 0.2) is 29.2 Å². The van der Waals surface area contributed by atoms with Crippen LogP contribution in [-0.2, 0) is 10.0 Å². The molecular formula is C18H22ClN3O4S. The van der Waals surface area contributed by atoms with Gasteiger partial charge in [-0.05, 0) is 51.0 Å². The average Bonchev–Trinajstić information content (AvgIpc) is 2.61. The van der Waals surface area contributed by atoms with Gasteiger partial charge in [-0.25, -0.2) is 18.4 Å². The molecule has 1 saturated heterocycles. The summed E-state index contributed by atoms with van der Waals surface area (Å²) in [6, 6.07) is 6.60. The average molecular weight is 412 g/mol. The van der Waals surface area contributed by atoms with Crippen molar-refractivity contribution in [1.29, 1.82) is 0 Å². The molecule has 1 aliphatic rings. The lowest BCUT2D eigenvalue weighted by atomic mass is 10.1. The minimum absolute atomic E-state index is 0.136. The first-order valence-electron chi connectivity index (χ1n) is 8.62. The molecule has 1 fully saturated rings. The Hall–Kier alpha value is -1.90. The van der Waals surface area contributed by atoms with E-state index in [0.29, 0.717) is 18.7 Å². The predicted molar refractivity (Wildman–Crippen MR) is 102 cm³/mol. The lowest BCUT2D eigenvalue weighted by Crippen LogP contribution is -2.44. The fourth-order valence-electron chi connectivity index (χ4n) is 3.07. The lowest BCUT2D eigenvalue weighted by molar-refractivity contribution is 0.119. The second kappa shape index (κ2) is 8.00. The van der Waals surface area contributed by atoms with Crippen LogP contribution in [0, 0.1) is 13.8 Å². The van der Waals surface area contributed by atoms with Crippen LogP contribution in [0.3, 0.4) is 0 Å². The fraction of sp³-hybridized carbons (Fsp3) is 0.444. The summed E-state index contributed by atoms with van der Waals surface area (Å²) in [5.74, 6) is 0.433. The number of methoxy groups -OCH3 is 1. The number of nitrogens with zero attached hydrogens (tertiary/aromatic N) is 3. The van der Waals surface area contributed by atoms with Gasteiger partial charge in [0.25, 0.3) is 0 Å². The number of ether oxygens (including phenoxy) is 2. The minimum Gasteiger partial charge on any atom is -0.495 e. The molecule has 1 aromatic heterocycles. The van der Waals surface area contributed by atoms with Crippen molar-refractivity contribution in [2.75, 3.05) is 20.2 Å². The summed E-state index contributed by atoms with van der Waals surface area (Å²) in [6.07, 6.45) is 1.13. The molecule has 146 valence electrons. The van der Waals surface area contributed by atoms with E-state index in [1.165, 1.54) is 23.5 Å². The van der Waals surface area contributed by atoms with Crippen LogP contribution in [0.5, 0.6) is 11.8 Å². The third-order valence-corrected chi connectivity index (χ3v) is 6.49. The molecule has 0 radical (unpaired) electrons. The van der Waals surface area contributed by atoms with E-state index >= 15 is 0 Å². The molecule has 0 amide bonds. The summed E-state index contributed by atoms with van der Waals surface area (Å²) in [4.78, 5) is 8.68. The van der Waals surface area contributed by atoms with Gasteiger partial charge in [0, 0.05) is 17.9 Å². The Morgan fingerprint density at radius 3 is 2.52 bits per heavy atom. The molecule has 7 nitrogen and oxygen atoms in total. The van der Waals surface area contributed by atoms with Crippen LogP contribution < -0.4 is 9.47 Å². The summed E-state index contributed by atoms with van der Waals surface area (Å²) in [5.41, 5.74) is 1.62. The van der Waals surface area contributed by atoms with Gasteiger partial charge in [-0.3, -0.25) is 0 Å². The lowest BCUT2D eigenvalue weighted by Gasteiger charge is -2.31. The third kappa shape index (κ3) is 4.51. The molecule has 0 saturated carbocycles. The summed E-state index contributed by atoms with van der Waals surface area (Å²) < 4.78 is 38.3. The van der Waals surface area contributed by atoms with Crippen molar-refractivity contribution in [3.63, 3.8) is 0 Å². The van der Waals surface area contributed by atoms with E-state index in [9.17, 15) is 8.42 Å². The van der Waals surface area contributed by atoms with Crippen LogP contribution in [0.1, 0.15) is 24.2 Å². The number of aromatic nitrogens is 2. The number of piperidine rings is 1. The number of sulfonamides is 1. The number of hydrogen-bond acceptors (Lipinski definition) is 6. The Labute approximate surface area is 164 Å². The second-order valence-corrected chi connectivity index (χ2v) is 8.82. The monoisotopic (exact) mass is 411 g/mol.